The van der Waals surface area contributed by atoms with Crippen molar-refractivity contribution in [3.05, 3.63) is 57.0 Å². The Bertz CT molecular complexity index is 667. The molecule has 0 radical (unpaired) electrons. The van der Waals surface area contributed by atoms with E-state index in [9.17, 15) is 4.79 Å². The topological polar surface area (TPSA) is 45.8 Å². The van der Waals surface area contributed by atoms with E-state index < -0.39 is 0 Å². The minimum atomic E-state index is 0.0299. The fourth-order valence-electron chi connectivity index (χ4n) is 2.03. The van der Waals surface area contributed by atoms with Gasteiger partial charge in [-0.25, -0.2) is 4.98 Å². The van der Waals surface area contributed by atoms with Crippen molar-refractivity contribution in [2.45, 2.75) is 29.3 Å². The third-order valence-corrected chi connectivity index (χ3v) is 5.08. The summed E-state index contributed by atoms with van der Waals surface area (Å²) >= 11 is 3.34. The fourth-order valence-corrected chi connectivity index (χ4v) is 4.02. The molecule has 2 heterocycles. The highest BCUT2D eigenvalue weighted by Gasteiger charge is 2.17. The van der Waals surface area contributed by atoms with E-state index in [0.717, 1.165) is 33.7 Å². The lowest BCUT2D eigenvalue weighted by Crippen LogP contribution is -2.14. The third kappa shape index (κ3) is 2.72. The number of rotatable bonds is 3. The normalized spacial score (nSPS) is 13.5. The largest absolute Gasteiger partial charge is 0.301 e. The Morgan fingerprint density at radius 2 is 2.21 bits per heavy atom. The van der Waals surface area contributed by atoms with E-state index >= 15 is 0 Å². The van der Waals surface area contributed by atoms with Crippen LogP contribution in [0.15, 0.2) is 34.2 Å². The van der Waals surface area contributed by atoms with Crippen LogP contribution in [0, 0.1) is 6.92 Å². The molecule has 0 atom stereocenters. The Hall–Kier alpha value is -1.20. The second kappa shape index (κ2) is 5.43. The van der Waals surface area contributed by atoms with Crippen molar-refractivity contribution < 1.29 is 0 Å². The second-order valence-electron chi connectivity index (χ2n) is 4.50. The highest BCUT2D eigenvalue weighted by molar-refractivity contribution is 7.98. The van der Waals surface area contributed by atoms with E-state index in [1.165, 1.54) is 11.1 Å². The number of hydrogen-bond donors (Lipinski definition) is 1. The zero-order chi connectivity index (χ0) is 13.2. The summed E-state index contributed by atoms with van der Waals surface area (Å²) in [5.74, 6) is 2.49. The predicted molar refractivity (Wildman–Crippen MR) is 80.6 cm³/mol. The number of aryl methyl sites for hydroxylation is 1. The number of aromatic amines is 1. The van der Waals surface area contributed by atoms with Crippen molar-refractivity contribution >= 4 is 23.5 Å². The van der Waals surface area contributed by atoms with Crippen molar-refractivity contribution in [3.63, 3.8) is 0 Å². The average molecular weight is 290 g/mol. The summed E-state index contributed by atoms with van der Waals surface area (Å²) in [6.45, 7) is 2.10. The van der Waals surface area contributed by atoms with E-state index in [1.807, 2.05) is 12.1 Å². The van der Waals surface area contributed by atoms with Crippen molar-refractivity contribution in [2.24, 2.45) is 0 Å². The molecule has 1 aromatic heterocycles. The fraction of sp³-hybridized carbons (Fsp3) is 0.286. The van der Waals surface area contributed by atoms with Crippen LogP contribution in [-0.4, -0.2) is 9.97 Å². The zero-order valence-electron chi connectivity index (χ0n) is 10.6. The number of thioether (sulfide) groups is 2. The molecule has 0 aliphatic carbocycles. The van der Waals surface area contributed by atoms with Gasteiger partial charge in [-0.05, 0) is 18.1 Å². The first-order chi connectivity index (χ1) is 9.24. The summed E-state index contributed by atoms with van der Waals surface area (Å²) in [4.78, 5) is 19.3. The minimum absolute atomic E-state index is 0.0299. The van der Waals surface area contributed by atoms with Gasteiger partial charge in [0, 0.05) is 22.8 Å². The highest BCUT2D eigenvalue weighted by Crippen LogP contribution is 2.27. The summed E-state index contributed by atoms with van der Waals surface area (Å²) in [7, 11) is 0. The lowest BCUT2D eigenvalue weighted by atomic mass is 10.1. The summed E-state index contributed by atoms with van der Waals surface area (Å²) in [6, 6.07) is 8.30. The molecular weight excluding hydrogens is 276 g/mol. The Labute approximate surface area is 120 Å². The molecule has 5 heteroatoms. The van der Waals surface area contributed by atoms with Crippen LogP contribution >= 0.6 is 23.5 Å². The number of H-pyrrole nitrogens is 1. The number of hydrogen-bond acceptors (Lipinski definition) is 4. The molecular formula is C14H14N2OS2. The first-order valence-corrected chi connectivity index (χ1v) is 8.25. The van der Waals surface area contributed by atoms with E-state index in [4.69, 9.17) is 0 Å². The lowest BCUT2D eigenvalue weighted by molar-refractivity contribution is 0.884. The quantitative estimate of drug-likeness (QED) is 0.697. The van der Waals surface area contributed by atoms with Gasteiger partial charge in [-0.3, -0.25) is 4.79 Å². The standard InChI is InChI=1S/C14H14N2OS2/c1-9-4-2-3-5-10(9)6-19-14-15-12-8-18-7-11(12)13(17)16-14/h2-5H,6-8H2,1H3,(H,15,16,17). The second-order valence-corrected chi connectivity index (χ2v) is 6.45. The van der Waals surface area contributed by atoms with Gasteiger partial charge in [-0.1, -0.05) is 36.0 Å². The Kier molecular flexibility index (Phi) is 3.66. The molecule has 2 aromatic rings. The van der Waals surface area contributed by atoms with Gasteiger partial charge in [0.15, 0.2) is 5.16 Å². The van der Waals surface area contributed by atoms with E-state index in [-0.39, 0.29) is 5.56 Å². The average Bonchev–Trinajstić information content (AvgIpc) is 2.87. The minimum Gasteiger partial charge on any atom is -0.301 e. The van der Waals surface area contributed by atoms with Crippen LogP contribution in [0.1, 0.15) is 22.4 Å². The van der Waals surface area contributed by atoms with Gasteiger partial charge in [0.25, 0.3) is 5.56 Å². The molecule has 0 amide bonds. The van der Waals surface area contributed by atoms with Gasteiger partial charge in [0.1, 0.15) is 0 Å². The molecule has 0 fully saturated rings. The van der Waals surface area contributed by atoms with Gasteiger partial charge in [0.05, 0.1) is 5.69 Å². The van der Waals surface area contributed by atoms with Crippen molar-refractivity contribution in [3.8, 4) is 0 Å². The number of nitrogens with one attached hydrogen (secondary N) is 1. The van der Waals surface area contributed by atoms with Crippen molar-refractivity contribution in [1.29, 1.82) is 0 Å². The van der Waals surface area contributed by atoms with Crippen LogP contribution < -0.4 is 5.56 Å². The summed E-state index contributed by atoms with van der Waals surface area (Å²) in [6.07, 6.45) is 0. The van der Waals surface area contributed by atoms with Crippen molar-refractivity contribution in [1.82, 2.24) is 9.97 Å². The molecule has 1 aromatic carbocycles. The van der Waals surface area contributed by atoms with Crippen LogP contribution in [0.25, 0.3) is 0 Å². The smallest absolute Gasteiger partial charge is 0.255 e. The summed E-state index contributed by atoms with van der Waals surface area (Å²) in [5, 5.41) is 0.731. The third-order valence-electron chi connectivity index (χ3n) is 3.19. The molecule has 1 aliphatic heterocycles. The van der Waals surface area contributed by atoms with Crippen LogP contribution in [0.5, 0.6) is 0 Å². The molecule has 0 saturated heterocycles. The van der Waals surface area contributed by atoms with Gasteiger partial charge in [-0.15, -0.1) is 0 Å². The molecule has 0 bridgehead atoms. The molecule has 0 unspecified atom stereocenters. The molecule has 0 saturated carbocycles. The van der Waals surface area contributed by atoms with E-state index in [2.05, 4.69) is 29.0 Å². The molecule has 3 rings (SSSR count). The van der Waals surface area contributed by atoms with E-state index in [0.29, 0.717) is 0 Å². The first kappa shape index (κ1) is 12.8. The highest BCUT2D eigenvalue weighted by atomic mass is 32.2. The van der Waals surface area contributed by atoms with Gasteiger partial charge >= 0.3 is 0 Å². The number of benzene rings is 1. The summed E-state index contributed by atoms with van der Waals surface area (Å²) < 4.78 is 0. The Morgan fingerprint density at radius 3 is 3.05 bits per heavy atom. The lowest BCUT2D eigenvalue weighted by Gasteiger charge is -2.05. The zero-order valence-corrected chi connectivity index (χ0v) is 12.2. The van der Waals surface area contributed by atoms with E-state index in [1.54, 1.807) is 23.5 Å². The molecule has 19 heavy (non-hydrogen) atoms. The Morgan fingerprint density at radius 1 is 1.37 bits per heavy atom. The van der Waals surface area contributed by atoms with Gasteiger partial charge in [0.2, 0.25) is 0 Å². The molecule has 1 aliphatic rings. The molecule has 1 N–H and O–H groups in total. The number of fused-ring (bicyclic) bond motifs is 1. The first-order valence-electron chi connectivity index (χ1n) is 6.11. The van der Waals surface area contributed by atoms with Crippen LogP contribution in [0.4, 0.5) is 0 Å². The molecule has 98 valence electrons. The van der Waals surface area contributed by atoms with Gasteiger partial charge in [-0.2, -0.15) is 11.8 Å². The van der Waals surface area contributed by atoms with Crippen LogP contribution in [0.3, 0.4) is 0 Å². The predicted octanol–water partition coefficient (Wildman–Crippen LogP) is 3.12. The van der Waals surface area contributed by atoms with Gasteiger partial charge < -0.3 is 4.98 Å². The molecule has 3 nitrogen and oxygen atoms in total. The van der Waals surface area contributed by atoms with Crippen LogP contribution in [-0.2, 0) is 17.3 Å². The monoisotopic (exact) mass is 290 g/mol. The molecule has 0 spiro atoms. The number of aromatic nitrogens is 2. The Balaban J connectivity index is 1.80. The summed E-state index contributed by atoms with van der Waals surface area (Å²) in [5.41, 5.74) is 4.40. The maximum absolute atomic E-state index is 11.9. The number of nitrogens with zero attached hydrogens (tertiary/aromatic N) is 1. The maximum atomic E-state index is 11.9. The van der Waals surface area contributed by atoms with Crippen molar-refractivity contribution in [2.75, 3.05) is 0 Å². The van der Waals surface area contributed by atoms with Crippen LogP contribution in [0.2, 0.25) is 0 Å². The maximum Gasteiger partial charge on any atom is 0.255 e. The SMILES string of the molecule is Cc1ccccc1CSc1nc2c(c(=O)[nH]1)CSC2.